The zero-order chi connectivity index (χ0) is 16.6. The van der Waals surface area contributed by atoms with Gasteiger partial charge in [-0.3, -0.25) is 4.90 Å². The Kier molecular flexibility index (Phi) is 3.83. The highest BCUT2D eigenvalue weighted by Crippen LogP contribution is 2.33. The molecular weight excluding hydrogens is 302 g/mol. The molecule has 3 aromatic carbocycles. The summed E-state index contributed by atoms with van der Waals surface area (Å²) in [5.41, 5.74) is 4.64. The highest BCUT2D eigenvalue weighted by Gasteiger charge is 2.31. The van der Waals surface area contributed by atoms with Crippen LogP contribution in [0.2, 0.25) is 0 Å². The number of benzene rings is 3. The molecule has 126 valence electrons. The molecule has 25 heavy (non-hydrogen) atoms. The molecule has 0 saturated carbocycles. The molecule has 1 fully saturated rings. The Hall–Kier alpha value is -2.12. The van der Waals surface area contributed by atoms with E-state index in [1.807, 2.05) is 0 Å². The quantitative estimate of drug-likeness (QED) is 0.624. The van der Waals surface area contributed by atoms with Gasteiger partial charge < -0.3 is 0 Å². The largest absolute Gasteiger partial charge is 0.296 e. The molecule has 1 nitrogen and oxygen atoms in total. The van der Waals surface area contributed by atoms with E-state index in [4.69, 9.17) is 0 Å². The first-order chi connectivity index (χ1) is 12.3. The van der Waals surface area contributed by atoms with E-state index in [1.165, 1.54) is 48.6 Å². The first-order valence-corrected chi connectivity index (χ1v) is 9.64. The van der Waals surface area contributed by atoms with Crippen LogP contribution < -0.4 is 0 Å². The second-order valence-electron chi connectivity index (χ2n) is 7.89. The van der Waals surface area contributed by atoms with Crippen molar-refractivity contribution in [2.45, 2.75) is 38.3 Å². The Balaban J connectivity index is 1.42. The van der Waals surface area contributed by atoms with Crippen LogP contribution in [0.5, 0.6) is 0 Å². The first-order valence-electron chi connectivity index (χ1n) is 9.64. The van der Waals surface area contributed by atoms with Crippen LogP contribution in [-0.4, -0.2) is 17.5 Å². The number of rotatable bonds is 2. The van der Waals surface area contributed by atoms with Crippen molar-refractivity contribution in [1.82, 2.24) is 4.90 Å². The second-order valence-corrected chi connectivity index (χ2v) is 7.89. The lowest BCUT2D eigenvalue weighted by Crippen LogP contribution is -2.46. The van der Waals surface area contributed by atoms with Crippen LogP contribution in [0.4, 0.5) is 0 Å². The lowest BCUT2D eigenvalue weighted by molar-refractivity contribution is 0.0938. The van der Waals surface area contributed by atoms with Crippen molar-refractivity contribution in [3.8, 4) is 0 Å². The van der Waals surface area contributed by atoms with E-state index in [2.05, 4.69) is 71.6 Å². The molecule has 1 saturated heterocycles. The lowest BCUT2D eigenvalue weighted by Gasteiger charge is -2.42. The standard InChI is InChI=1S/C24H25N/c1-2-6-21-13-18(9-11-20(21)5-1)16-25-17-19-10-12-24(25)15-23-8-4-3-7-22(23)14-19/h1-9,11,13,19,24H,10,12,14-17H2/t19-,24-/m1/s1. The third kappa shape index (κ3) is 2.98. The number of hydrogen-bond acceptors (Lipinski definition) is 1. The maximum absolute atomic E-state index is 2.76. The summed E-state index contributed by atoms with van der Waals surface area (Å²) in [6.45, 7) is 2.35. The molecule has 2 atom stereocenters. The highest BCUT2D eigenvalue weighted by molar-refractivity contribution is 5.82. The van der Waals surface area contributed by atoms with E-state index in [0.717, 1.165) is 12.5 Å². The third-order valence-corrected chi connectivity index (χ3v) is 6.20. The number of piperidine rings is 1. The van der Waals surface area contributed by atoms with Gasteiger partial charge in [0.15, 0.2) is 0 Å². The Bertz CT molecular complexity index is 897. The topological polar surface area (TPSA) is 3.24 Å². The summed E-state index contributed by atoms with van der Waals surface area (Å²) in [4.78, 5) is 2.76. The van der Waals surface area contributed by atoms with Gasteiger partial charge in [-0.25, -0.2) is 0 Å². The fourth-order valence-corrected chi connectivity index (χ4v) is 4.87. The van der Waals surface area contributed by atoms with Crippen LogP contribution in [-0.2, 0) is 19.4 Å². The molecule has 1 aliphatic carbocycles. The smallest absolute Gasteiger partial charge is 0.0237 e. The highest BCUT2D eigenvalue weighted by atomic mass is 15.2. The van der Waals surface area contributed by atoms with Crippen LogP contribution in [0.25, 0.3) is 10.8 Å². The van der Waals surface area contributed by atoms with Crippen molar-refractivity contribution in [3.05, 3.63) is 83.4 Å². The fourth-order valence-electron chi connectivity index (χ4n) is 4.87. The van der Waals surface area contributed by atoms with Crippen molar-refractivity contribution < 1.29 is 0 Å². The normalized spacial score (nSPS) is 23.2. The Morgan fingerprint density at radius 3 is 2.40 bits per heavy atom. The Labute approximate surface area is 150 Å². The SMILES string of the molecule is c1ccc2c(c1)C[C@H]1CC[C@H](C2)N(Cc2ccc3ccccc3c2)C1. The molecule has 3 aromatic rings. The van der Waals surface area contributed by atoms with E-state index < -0.39 is 0 Å². The molecule has 0 N–H and O–H groups in total. The lowest BCUT2D eigenvalue weighted by atomic mass is 9.80. The van der Waals surface area contributed by atoms with Gasteiger partial charge in [0.25, 0.3) is 0 Å². The van der Waals surface area contributed by atoms with Gasteiger partial charge in [-0.1, -0.05) is 60.7 Å². The zero-order valence-corrected chi connectivity index (χ0v) is 14.7. The molecule has 3 aliphatic rings. The van der Waals surface area contributed by atoms with Gasteiger partial charge in [-0.05, 0) is 65.1 Å². The number of nitrogens with zero attached hydrogens (tertiary/aromatic N) is 1. The van der Waals surface area contributed by atoms with Gasteiger partial charge >= 0.3 is 0 Å². The van der Waals surface area contributed by atoms with Gasteiger partial charge in [-0.2, -0.15) is 0 Å². The molecule has 6 rings (SSSR count). The van der Waals surface area contributed by atoms with E-state index in [9.17, 15) is 0 Å². The van der Waals surface area contributed by atoms with Crippen molar-refractivity contribution in [2.75, 3.05) is 6.54 Å². The zero-order valence-electron chi connectivity index (χ0n) is 14.7. The molecule has 2 heterocycles. The van der Waals surface area contributed by atoms with Crippen molar-refractivity contribution >= 4 is 10.8 Å². The molecule has 1 heteroatoms. The molecule has 2 aliphatic heterocycles. The van der Waals surface area contributed by atoms with Gasteiger partial charge in [-0.15, -0.1) is 0 Å². The summed E-state index contributed by atoms with van der Waals surface area (Å²) in [5, 5.41) is 2.71. The van der Waals surface area contributed by atoms with Crippen molar-refractivity contribution in [1.29, 1.82) is 0 Å². The molecular formula is C24H25N. The van der Waals surface area contributed by atoms with Crippen molar-refractivity contribution in [3.63, 3.8) is 0 Å². The van der Waals surface area contributed by atoms with Gasteiger partial charge in [0, 0.05) is 19.1 Å². The summed E-state index contributed by atoms with van der Waals surface area (Å²) in [7, 11) is 0. The van der Waals surface area contributed by atoms with E-state index >= 15 is 0 Å². The molecule has 0 amide bonds. The maximum atomic E-state index is 2.76. The minimum atomic E-state index is 0.698. The van der Waals surface area contributed by atoms with E-state index in [0.29, 0.717) is 6.04 Å². The predicted molar refractivity (Wildman–Crippen MR) is 105 cm³/mol. The average Bonchev–Trinajstić information content (AvgIpc) is 2.62. The first kappa shape index (κ1) is 15.2. The van der Waals surface area contributed by atoms with Gasteiger partial charge in [0.1, 0.15) is 0 Å². The summed E-state index contributed by atoms with van der Waals surface area (Å²) < 4.78 is 0. The van der Waals surface area contributed by atoms with Crippen LogP contribution in [0.3, 0.4) is 0 Å². The van der Waals surface area contributed by atoms with Crippen LogP contribution in [0.15, 0.2) is 66.7 Å². The van der Waals surface area contributed by atoms with E-state index in [-0.39, 0.29) is 0 Å². The second kappa shape index (κ2) is 6.31. The summed E-state index contributed by atoms with van der Waals surface area (Å²) in [6.07, 6.45) is 5.23. The Morgan fingerprint density at radius 2 is 1.52 bits per heavy atom. The molecule has 0 unspecified atom stereocenters. The summed E-state index contributed by atoms with van der Waals surface area (Å²) in [5.74, 6) is 0.818. The molecule has 0 radical (unpaired) electrons. The van der Waals surface area contributed by atoms with Gasteiger partial charge in [0.05, 0.1) is 0 Å². The monoisotopic (exact) mass is 327 g/mol. The van der Waals surface area contributed by atoms with Gasteiger partial charge in [0.2, 0.25) is 0 Å². The molecule has 2 bridgehead atoms. The molecule has 0 spiro atoms. The van der Waals surface area contributed by atoms with Crippen LogP contribution in [0.1, 0.15) is 29.5 Å². The predicted octanol–water partition coefficient (Wildman–Crippen LogP) is 5.22. The average molecular weight is 327 g/mol. The molecule has 0 aromatic heterocycles. The summed E-state index contributed by atoms with van der Waals surface area (Å²) in [6, 6.07) is 25.5. The summed E-state index contributed by atoms with van der Waals surface area (Å²) >= 11 is 0. The van der Waals surface area contributed by atoms with Crippen LogP contribution in [0, 0.1) is 5.92 Å². The Morgan fingerprint density at radius 1 is 0.760 bits per heavy atom. The van der Waals surface area contributed by atoms with E-state index in [1.54, 1.807) is 11.1 Å². The maximum Gasteiger partial charge on any atom is 0.0237 e. The van der Waals surface area contributed by atoms with Crippen LogP contribution >= 0.6 is 0 Å². The third-order valence-electron chi connectivity index (χ3n) is 6.20. The number of hydrogen-bond donors (Lipinski definition) is 0. The number of fused-ring (bicyclic) bond motifs is 3. The fraction of sp³-hybridized carbons (Fsp3) is 0.333. The minimum Gasteiger partial charge on any atom is -0.296 e. The van der Waals surface area contributed by atoms with Crippen molar-refractivity contribution in [2.24, 2.45) is 5.92 Å². The minimum absolute atomic E-state index is 0.698.